The molecular formula is C23H45NO8. The largest absolute Gasteiger partial charge is 0.479 e. The number of aliphatic carboxylic acids is 1. The monoisotopic (exact) mass is 463 g/mol. The van der Waals surface area contributed by atoms with Crippen LogP contribution >= 0.6 is 0 Å². The molecule has 1 aliphatic heterocycles. The lowest BCUT2D eigenvalue weighted by Crippen LogP contribution is -2.61. The van der Waals surface area contributed by atoms with Crippen LogP contribution in [0.1, 0.15) is 61.0 Å². The second-order valence-corrected chi connectivity index (χ2v) is 5.37. The van der Waals surface area contributed by atoms with Crippen LogP contribution in [0.4, 0.5) is 5.69 Å². The number of nitrogens with one attached hydrogen (secondary N) is 1. The van der Waals surface area contributed by atoms with Crippen LogP contribution in [0.25, 0.3) is 0 Å². The molecule has 5 unspecified atom stereocenters. The van der Waals surface area contributed by atoms with Gasteiger partial charge in [-0.1, -0.05) is 61.5 Å². The number of carbonyl (C=O) groups is 1. The zero-order valence-corrected chi connectivity index (χ0v) is 21.2. The van der Waals surface area contributed by atoms with Crippen LogP contribution in [0, 0.1) is 0 Å². The lowest BCUT2D eigenvalue weighted by molar-refractivity contribution is -0.271. The summed E-state index contributed by atoms with van der Waals surface area (Å²) in [5.41, 5.74) is 1.44. The summed E-state index contributed by atoms with van der Waals surface area (Å²) >= 11 is 0. The van der Waals surface area contributed by atoms with E-state index in [0.717, 1.165) is 5.56 Å². The summed E-state index contributed by atoms with van der Waals surface area (Å²) in [6, 6.07) is 5.09. The first kappa shape index (κ1) is 34.7. The van der Waals surface area contributed by atoms with Crippen LogP contribution in [0.3, 0.4) is 0 Å². The zero-order valence-electron chi connectivity index (χ0n) is 21.2. The maximum Gasteiger partial charge on any atom is 0.335 e. The van der Waals surface area contributed by atoms with Gasteiger partial charge in [0, 0.05) is 14.2 Å². The molecule has 1 heterocycles. The number of anilines is 1. The molecule has 5 atom stereocenters. The van der Waals surface area contributed by atoms with Crippen molar-refractivity contribution in [3.8, 4) is 5.75 Å². The Hall–Kier alpha value is -1.91. The van der Waals surface area contributed by atoms with Crippen LogP contribution < -0.4 is 10.1 Å². The number of hydrogen-bond acceptors (Lipinski definition) is 8. The van der Waals surface area contributed by atoms with Crippen LogP contribution in [0.15, 0.2) is 18.2 Å². The Kier molecular flexibility index (Phi) is 22.7. The number of carboxylic acid groups (broad SMARTS) is 1. The Balaban J connectivity index is -0.000000945. The van der Waals surface area contributed by atoms with Crippen LogP contribution in [-0.4, -0.2) is 71.3 Å². The van der Waals surface area contributed by atoms with Crippen molar-refractivity contribution in [1.82, 2.24) is 0 Å². The Bertz CT molecular complexity index is 585. The quantitative estimate of drug-likeness (QED) is 0.430. The van der Waals surface area contributed by atoms with Gasteiger partial charge in [0.1, 0.15) is 24.1 Å². The van der Waals surface area contributed by atoms with Gasteiger partial charge in [0.25, 0.3) is 0 Å². The van der Waals surface area contributed by atoms with Crippen LogP contribution in [0.5, 0.6) is 5.75 Å². The molecule has 0 aromatic heterocycles. The molecule has 1 aliphatic rings. The zero-order chi connectivity index (χ0) is 25.9. The standard InChI is InChI=1S/C15H21NO8.4C2H6/c1-16-8-5-7(6-22-2)3-4-9(8)23-15-12(19)10(17)11(18)13(24-15)14(20)21;4*1-2/h3-5,10-13,15-19H,6H2,1-2H3,(H,20,21);4*1-2H3. The first-order chi connectivity index (χ1) is 15.4. The van der Waals surface area contributed by atoms with Crippen molar-refractivity contribution in [3.63, 3.8) is 0 Å². The smallest absolute Gasteiger partial charge is 0.335 e. The Morgan fingerprint density at radius 2 is 1.50 bits per heavy atom. The molecule has 32 heavy (non-hydrogen) atoms. The number of hydrogen-bond donors (Lipinski definition) is 5. The van der Waals surface area contributed by atoms with Gasteiger partial charge in [0.2, 0.25) is 6.29 Å². The maximum absolute atomic E-state index is 11.1. The van der Waals surface area contributed by atoms with Crippen molar-refractivity contribution in [3.05, 3.63) is 23.8 Å². The molecule has 190 valence electrons. The fraction of sp³-hybridized carbons (Fsp3) is 0.696. The molecule has 0 bridgehead atoms. The first-order valence-corrected chi connectivity index (χ1v) is 11.3. The van der Waals surface area contributed by atoms with Gasteiger partial charge >= 0.3 is 5.97 Å². The number of methoxy groups -OCH3 is 1. The SMILES string of the molecule is CC.CC.CC.CC.CNc1cc(COC)ccc1OC1OC(C(=O)O)C(O)C(O)C1O. The number of carboxylic acids is 1. The van der Waals surface area contributed by atoms with E-state index >= 15 is 0 Å². The van der Waals surface area contributed by atoms with Crippen molar-refractivity contribution in [1.29, 1.82) is 0 Å². The fourth-order valence-electron chi connectivity index (χ4n) is 2.41. The van der Waals surface area contributed by atoms with Gasteiger partial charge in [0.05, 0.1) is 12.3 Å². The van der Waals surface area contributed by atoms with Crippen molar-refractivity contribution in [2.45, 2.75) is 92.7 Å². The molecule has 1 fully saturated rings. The predicted octanol–water partition coefficient (Wildman–Crippen LogP) is 3.25. The highest BCUT2D eigenvalue weighted by Crippen LogP contribution is 2.30. The van der Waals surface area contributed by atoms with Crippen molar-refractivity contribution >= 4 is 11.7 Å². The van der Waals surface area contributed by atoms with Crippen molar-refractivity contribution in [2.75, 3.05) is 19.5 Å². The molecule has 2 rings (SSSR count). The number of aliphatic hydroxyl groups is 3. The topological polar surface area (TPSA) is 138 Å². The van der Waals surface area contributed by atoms with Gasteiger partial charge in [-0.15, -0.1) is 0 Å². The summed E-state index contributed by atoms with van der Waals surface area (Å²) in [4.78, 5) is 11.1. The lowest BCUT2D eigenvalue weighted by Gasteiger charge is -2.38. The van der Waals surface area contributed by atoms with Gasteiger partial charge < -0.3 is 40.0 Å². The van der Waals surface area contributed by atoms with E-state index in [-0.39, 0.29) is 5.75 Å². The molecule has 9 nitrogen and oxygen atoms in total. The Morgan fingerprint density at radius 1 is 0.969 bits per heavy atom. The van der Waals surface area contributed by atoms with Crippen molar-refractivity contribution in [2.24, 2.45) is 0 Å². The van der Waals surface area contributed by atoms with Gasteiger partial charge in [0.15, 0.2) is 6.10 Å². The average molecular weight is 464 g/mol. The number of ether oxygens (including phenoxy) is 3. The second kappa shape index (κ2) is 21.0. The van der Waals surface area contributed by atoms with E-state index in [1.54, 1.807) is 32.4 Å². The van der Waals surface area contributed by atoms with Gasteiger partial charge in [-0.3, -0.25) is 0 Å². The molecule has 1 saturated heterocycles. The summed E-state index contributed by atoms with van der Waals surface area (Å²) in [7, 11) is 3.23. The molecule has 1 aromatic rings. The minimum atomic E-state index is -1.76. The minimum Gasteiger partial charge on any atom is -0.479 e. The first-order valence-electron chi connectivity index (χ1n) is 11.3. The molecule has 0 radical (unpaired) electrons. The number of rotatable bonds is 6. The van der Waals surface area contributed by atoms with E-state index in [1.165, 1.54) is 0 Å². The van der Waals surface area contributed by atoms with Gasteiger partial charge in [-0.2, -0.15) is 0 Å². The van der Waals surface area contributed by atoms with E-state index in [0.29, 0.717) is 12.3 Å². The summed E-state index contributed by atoms with van der Waals surface area (Å²) in [5.74, 6) is -1.18. The molecule has 9 heteroatoms. The third-order valence-electron chi connectivity index (χ3n) is 3.68. The van der Waals surface area contributed by atoms with E-state index in [4.69, 9.17) is 19.3 Å². The Labute approximate surface area is 193 Å². The molecule has 0 spiro atoms. The summed E-state index contributed by atoms with van der Waals surface area (Å²) < 4.78 is 15.6. The lowest BCUT2D eigenvalue weighted by atomic mass is 9.99. The average Bonchev–Trinajstić information content (AvgIpc) is 2.85. The summed E-state index contributed by atoms with van der Waals surface area (Å²) in [6.07, 6.45) is -8.25. The minimum absolute atomic E-state index is 0.286. The molecule has 0 amide bonds. The van der Waals surface area contributed by atoms with Crippen molar-refractivity contribution < 1.29 is 39.4 Å². The highest BCUT2D eigenvalue weighted by molar-refractivity contribution is 5.73. The van der Waals surface area contributed by atoms with E-state index in [1.807, 2.05) is 55.4 Å². The third-order valence-corrected chi connectivity index (χ3v) is 3.68. The second-order valence-electron chi connectivity index (χ2n) is 5.37. The highest BCUT2D eigenvalue weighted by atomic mass is 16.7. The third kappa shape index (κ3) is 10.6. The predicted molar refractivity (Wildman–Crippen MR) is 127 cm³/mol. The maximum atomic E-state index is 11.1. The summed E-state index contributed by atoms with van der Waals surface area (Å²) in [6.45, 7) is 16.4. The normalized spacial score (nSPS) is 23.2. The molecule has 0 aliphatic carbocycles. The summed E-state index contributed by atoms with van der Waals surface area (Å²) in [5, 5.41) is 41.4. The number of benzene rings is 1. The van der Waals surface area contributed by atoms with Crippen LogP contribution in [-0.2, 0) is 20.9 Å². The Morgan fingerprint density at radius 3 is 1.94 bits per heavy atom. The molecular weight excluding hydrogens is 418 g/mol. The van der Waals surface area contributed by atoms with Gasteiger partial charge in [-0.05, 0) is 17.7 Å². The highest BCUT2D eigenvalue weighted by Gasteiger charge is 2.48. The number of aliphatic hydroxyl groups excluding tert-OH is 3. The van der Waals surface area contributed by atoms with E-state index < -0.39 is 36.7 Å². The van der Waals surface area contributed by atoms with E-state index in [2.05, 4.69) is 5.32 Å². The molecule has 0 saturated carbocycles. The van der Waals surface area contributed by atoms with E-state index in [9.17, 15) is 20.1 Å². The molecule has 5 N–H and O–H groups in total. The van der Waals surface area contributed by atoms with Crippen LogP contribution in [0.2, 0.25) is 0 Å². The fourth-order valence-corrected chi connectivity index (χ4v) is 2.41. The molecule has 1 aromatic carbocycles. The van der Waals surface area contributed by atoms with Gasteiger partial charge in [-0.25, -0.2) is 4.79 Å².